The molecule has 178 valence electrons. The fourth-order valence-electron chi connectivity index (χ4n) is 5.37. The third-order valence-corrected chi connectivity index (χ3v) is 7.02. The van der Waals surface area contributed by atoms with Crippen LogP contribution in [0.25, 0.3) is 0 Å². The molecule has 1 aliphatic carbocycles. The Kier molecular flexibility index (Phi) is 5.94. The minimum atomic E-state index is -0.514. The molecule has 0 bridgehead atoms. The minimum absolute atomic E-state index is 0.0361. The van der Waals surface area contributed by atoms with Crippen LogP contribution >= 0.6 is 0 Å². The second-order valence-electron chi connectivity index (χ2n) is 10.5. The molecule has 0 saturated carbocycles. The molecule has 2 heterocycles. The molecule has 1 fully saturated rings. The fourth-order valence-corrected chi connectivity index (χ4v) is 5.37. The van der Waals surface area contributed by atoms with Gasteiger partial charge in [0.2, 0.25) is 0 Å². The van der Waals surface area contributed by atoms with Gasteiger partial charge in [0.15, 0.2) is 5.78 Å². The smallest absolute Gasteiger partial charge is 0.322 e. The van der Waals surface area contributed by atoms with Crippen LogP contribution in [0.3, 0.4) is 0 Å². The Balaban J connectivity index is 1.64. The van der Waals surface area contributed by atoms with Crippen LogP contribution in [0.4, 0.5) is 16.2 Å². The fraction of sp³-hybridized carbons (Fsp3) is 0.429. The van der Waals surface area contributed by atoms with Crippen molar-refractivity contribution in [3.63, 3.8) is 0 Å². The zero-order valence-electron chi connectivity index (χ0n) is 20.2. The first kappa shape index (κ1) is 22.7. The number of fused-ring (bicyclic) bond motifs is 1. The van der Waals surface area contributed by atoms with Crippen LogP contribution in [-0.4, -0.2) is 31.1 Å². The molecule has 2 aromatic rings. The molecule has 2 aromatic carbocycles. The summed E-state index contributed by atoms with van der Waals surface area (Å²) < 4.78 is 5.73. The molecule has 2 atom stereocenters. The summed E-state index contributed by atoms with van der Waals surface area (Å²) in [6.07, 6.45) is 3.20. The molecule has 0 radical (unpaired) electrons. The van der Waals surface area contributed by atoms with Gasteiger partial charge >= 0.3 is 6.03 Å². The number of hydrogen-bond acceptors (Lipinski definition) is 4. The van der Waals surface area contributed by atoms with Crippen molar-refractivity contribution in [2.75, 3.05) is 23.4 Å². The number of anilines is 2. The Morgan fingerprint density at radius 3 is 2.65 bits per heavy atom. The van der Waals surface area contributed by atoms with Crippen molar-refractivity contribution in [3.05, 3.63) is 70.9 Å². The van der Waals surface area contributed by atoms with E-state index in [0.29, 0.717) is 18.5 Å². The SMILES string of the molecule is Cc1ccc([C@@H]2C3=C(CC(C)(C)CC3=O)Nc3ccccc3N2C(=O)NC[C@@H]2CCCO2)cc1. The van der Waals surface area contributed by atoms with Crippen molar-refractivity contribution in [2.24, 2.45) is 5.41 Å². The zero-order valence-corrected chi connectivity index (χ0v) is 20.2. The lowest BCUT2D eigenvalue weighted by Crippen LogP contribution is -2.46. The first-order chi connectivity index (χ1) is 16.3. The van der Waals surface area contributed by atoms with Gasteiger partial charge in [-0.2, -0.15) is 0 Å². The van der Waals surface area contributed by atoms with E-state index in [1.54, 1.807) is 4.90 Å². The normalized spacial score (nSPS) is 23.6. The largest absolute Gasteiger partial charge is 0.376 e. The molecule has 34 heavy (non-hydrogen) atoms. The third-order valence-electron chi connectivity index (χ3n) is 7.02. The highest BCUT2D eigenvalue weighted by molar-refractivity contribution is 6.06. The van der Waals surface area contributed by atoms with Crippen LogP contribution in [0, 0.1) is 12.3 Å². The van der Waals surface area contributed by atoms with Crippen molar-refractivity contribution >= 4 is 23.2 Å². The van der Waals surface area contributed by atoms with Crippen LogP contribution in [0.5, 0.6) is 0 Å². The predicted molar refractivity (Wildman–Crippen MR) is 134 cm³/mol. The van der Waals surface area contributed by atoms with E-state index in [2.05, 4.69) is 24.5 Å². The van der Waals surface area contributed by atoms with Gasteiger partial charge in [0.1, 0.15) is 0 Å². The van der Waals surface area contributed by atoms with Crippen molar-refractivity contribution in [3.8, 4) is 0 Å². The van der Waals surface area contributed by atoms with Gasteiger partial charge in [-0.3, -0.25) is 9.69 Å². The number of nitrogens with zero attached hydrogens (tertiary/aromatic N) is 1. The van der Waals surface area contributed by atoms with E-state index in [0.717, 1.165) is 54.1 Å². The average Bonchev–Trinajstić information content (AvgIpc) is 3.26. The van der Waals surface area contributed by atoms with Gasteiger partial charge < -0.3 is 15.4 Å². The van der Waals surface area contributed by atoms with E-state index >= 15 is 0 Å². The monoisotopic (exact) mass is 459 g/mol. The number of hydrogen-bond donors (Lipinski definition) is 2. The number of urea groups is 1. The lowest BCUT2D eigenvalue weighted by Gasteiger charge is -2.37. The lowest BCUT2D eigenvalue weighted by molar-refractivity contribution is -0.118. The van der Waals surface area contributed by atoms with Gasteiger partial charge in [-0.05, 0) is 49.3 Å². The number of ketones is 1. The highest BCUT2D eigenvalue weighted by atomic mass is 16.5. The summed E-state index contributed by atoms with van der Waals surface area (Å²) in [6.45, 7) is 7.49. The first-order valence-corrected chi connectivity index (χ1v) is 12.2. The summed E-state index contributed by atoms with van der Waals surface area (Å²) in [5, 5.41) is 6.65. The molecule has 6 nitrogen and oxygen atoms in total. The van der Waals surface area contributed by atoms with Crippen molar-refractivity contribution in [1.29, 1.82) is 0 Å². The van der Waals surface area contributed by atoms with Gasteiger partial charge in [0.05, 0.1) is 23.5 Å². The Hall–Kier alpha value is -3.12. The summed E-state index contributed by atoms with van der Waals surface area (Å²) in [5.74, 6) is 0.0917. The van der Waals surface area contributed by atoms with Gasteiger partial charge in [-0.25, -0.2) is 4.79 Å². The van der Waals surface area contributed by atoms with E-state index < -0.39 is 6.04 Å². The van der Waals surface area contributed by atoms with E-state index in [9.17, 15) is 9.59 Å². The van der Waals surface area contributed by atoms with Gasteiger partial charge in [-0.15, -0.1) is 0 Å². The lowest BCUT2D eigenvalue weighted by atomic mass is 9.73. The number of carbonyl (C=O) groups is 2. The number of para-hydroxylation sites is 2. The van der Waals surface area contributed by atoms with Crippen LogP contribution in [0.2, 0.25) is 0 Å². The second-order valence-corrected chi connectivity index (χ2v) is 10.5. The number of rotatable bonds is 3. The number of aryl methyl sites for hydroxylation is 1. The Morgan fingerprint density at radius 2 is 1.91 bits per heavy atom. The second kappa shape index (κ2) is 8.91. The number of allylic oxidation sites excluding steroid dienone is 1. The topological polar surface area (TPSA) is 70.7 Å². The maximum Gasteiger partial charge on any atom is 0.322 e. The van der Waals surface area contributed by atoms with Crippen molar-refractivity contribution < 1.29 is 14.3 Å². The van der Waals surface area contributed by atoms with Gasteiger partial charge in [0.25, 0.3) is 0 Å². The van der Waals surface area contributed by atoms with Crippen LogP contribution < -0.4 is 15.5 Å². The van der Waals surface area contributed by atoms with Gasteiger partial charge in [-0.1, -0.05) is 55.8 Å². The quantitative estimate of drug-likeness (QED) is 0.636. The van der Waals surface area contributed by atoms with E-state index in [4.69, 9.17) is 4.74 Å². The average molecular weight is 460 g/mol. The number of benzene rings is 2. The Labute approximate surface area is 201 Å². The number of amides is 2. The van der Waals surface area contributed by atoms with Crippen LogP contribution in [0.15, 0.2) is 59.8 Å². The molecule has 3 aliphatic rings. The number of Topliss-reactive ketones (excluding diaryl/α,β-unsaturated/α-hetero) is 1. The van der Waals surface area contributed by atoms with E-state index in [-0.39, 0.29) is 23.3 Å². The summed E-state index contributed by atoms with van der Waals surface area (Å²) in [4.78, 5) is 29.2. The molecule has 0 spiro atoms. The third kappa shape index (κ3) is 4.34. The summed E-state index contributed by atoms with van der Waals surface area (Å²) >= 11 is 0. The molecule has 0 unspecified atom stereocenters. The van der Waals surface area contributed by atoms with Crippen molar-refractivity contribution in [1.82, 2.24) is 5.32 Å². The van der Waals surface area contributed by atoms with E-state index in [1.807, 2.05) is 55.5 Å². The maximum atomic E-state index is 13.8. The molecule has 0 aromatic heterocycles. The summed E-state index contributed by atoms with van der Waals surface area (Å²) in [5.41, 5.74) is 5.11. The molecular formula is C28H33N3O3. The molecule has 2 aliphatic heterocycles. The van der Waals surface area contributed by atoms with Crippen molar-refractivity contribution in [2.45, 2.75) is 58.6 Å². The summed E-state index contributed by atoms with van der Waals surface area (Å²) in [7, 11) is 0. The van der Waals surface area contributed by atoms with E-state index in [1.165, 1.54) is 0 Å². The highest BCUT2D eigenvalue weighted by Crippen LogP contribution is 2.48. The standard InChI is InChI=1S/C28H33N3O3/c1-18-10-12-19(13-11-18)26-25-22(15-28(2,3)16-24(25)32)30-21-8-4-5-9-23(21)31(26)27(33)29-17-20-7-6-14-34-20/h4-5,8-13,20,26,30H,6-7,14-17H2,1-3H3,(H,29,33)/t20-,26+/m0/s1. The molecule has 5 rings (SSSR count). The summed E-state index contributed by atoms with van der Waals surface area (Å²) in [6, 6.07) is 15.2. The maximum absolute atomic E-state index is 13.8. The minimum Gasteiger partial charge on any atom is -0.376 e. The molecule has 1 saturated heterocycles. The molecule has 6 heteroatoms. The first-order valence-electron chi connectivity index (χ1n) is 12.2. The van der Waals surface area contributed by atoms with Crippen LogP contribution in [0.1, 0.15) is 56.7 Å². The number of nitrogens with one attached hydrogen (secondary N) is 2. The predicted octanol–water partition coefficient (Wildman–Crippen LogP) is 5.50. The molecule has 2 N–H and O–H groups in total. The van der Waals surface area contributed by atoms with Gasteiger partial charge in [0, 0.05) is 30.8 Å². The molecular weight excluding hydrogens is 426 g/mol. The van der Waals surface area contributed by atoms with Crippen LogP contribution in [-0.2, 0) is 9.53 Å². The zero-order chi connectivity index (χ0) is 23.9. The molecule has 2 amide bonds. The Morgan fingerprint density at radius 1 is 1.15 bits per heavy atom. The number of carbonyl (C=O) groups excluding carboxylic acids is 2. The number of ether oxygens (including phenoxy) is 1. The Bertz CT molecular complexity index is 1130. The highest BCUT2D eigenvalue weighted by Gasteiger charge is 2.43.